The Bertz CT molecular complexity index is 547. The van der Waals surface area contributed by atoms with Crippen molar-refractivity contribution in [2.24, 2.45) is 0 Å². The monoisotopic (exact) mass is 709 g/mol. The van der Waals surface area contributed by atoms with E-state index in [1.54, 1.807) is 56.9 Å². The van der Waals surface area contributed by atoms with Gasteiger partial charge >= 0.3 is 0 Å². The number of aliphatic hydroxyl groups excluding tert-OH is 2. The van der Waals surface area contributed by atoms with E-state index in [9.17, 15) is 0 Å². The van der Waals surface area contributed by atoms with Crippen molar-refractivity contribution in [2.45, 2.75) is 137 Å². The zero-order chi connectivity index (χ0) is 38.6. The molecule has 2 saturated heterocycles. The van der Waals surface area contributed by atoms with Gasteiger partial charge in [0.15, 0.2) is 11.6 Å². The fourth-order valence-electron chi connectivity index (χ4n) is 3.25. The number of aliphatic hydroxyl groups is 2. The van der Waals surface area contributed by atoms with E-state index in [2.05, 4.69) is 18.6 Å². The second-order valence-corrected chi connectivity index (χ2v) is 11.9. The lowest BCUT2D eigenvalue weighted by Gasteiger charge is -2.15. The van der Waals surface area contributed by atoms with E-state index in [-0.39, 0.29) is 48.7 Å². The van der Waals surface area contributed by atoms with Crippen LogP contribution in [-0.4, -0.2) is 155 Å². The molecule has 0 radical (unpaired) electrons. The second-order valence-electron chi connectivity index (χ2n) is 11.9. The Morgan fingerprint density at radius 1 is 0.625 bits per heavy atom. The molecule has 48 heavy (non-hydrogen) atoms. The van der Waals surface area contributed by atoms with Crippen LogP contribution in [0, 0.1) is 0 Å². The van der Waals surface area contributed by atoms with E-state index in [1.165, 1.54) is 0 Å². The average molecular weight is 709 g/mol. The van der Waals surface area contributed by atoms with Crippen LogP contribution in [0.4, 0.5) is 0 Å². The summed E-state index contributed by atoms with van der Waals surface area (Å²) < 4.78 is 54.7. The molecule has 2 fully saturated rings. The molecule has 0 aromatic rings. The van der Waals surface area contributed by atoms with Gasteiger partial charge in [-0.25, -0.2) is 0 Å². The Hall–Kier alpha value is -0.520. The predicted molar refractivity (Wildman–Crippen MR) is 192 cm³/mol. The molecule has 2 rings (SSSR count). The summed E-state index contributed by atoms with van der Waals surface area (Å²) in [6.45, 7) is 23.1. The van der Waals surface area contributed by atoms with Crippen LogP contribution in [0.15, 0.2) is 0 Å². The predicted octanol–water partition coefficient (Wildman–Crippen LogP) is 5.11. The fraction of sp³-hybridized carbons (Fsp3) is 1.00. The largest absolute Gasteiger partial charge is 0.394 e. The Morgan fingerprint density at radius 2 is 0.958 bits per heavy atom. The number of rotatable bonds is 13. The third-order valence-corrected chi connectivity index (χ3v) is 6.07. The Labute approximate surface area is 295 Å². The molecular formula is C35H80O13. The summed E-state index contributed by atoms with van der Waals surface area (Å²) in [6.07, 6.45) is 3.48. The lowest BCUT2D eigenvalue weighted by molar-refractivity contribution is -0.136. The Morgan fingerprint density at radius 3 is 1.02 bits per heavy atom. The van der Waals surface area contributed by atoms with Crippen LogP contribution < -0.4 is 0 Å². The number of hydrogen-bond acceptors (Lipinski definition) is 13. The minimum atomic E-state index is -0.509. The van der Waals surface area contributed by atoms with Gasteiger partial charge < -0.3 is 62.3 Å². The van der Waals surface area contributed by atoms with Gasteiger partial charge in [-0.1, -0.05) is 20.8 Å². The van der Waals surface area contributed by atoms with E-state index in [1.807, 2.05) is 55.4 Å². The van der Waals surface area contributed by atoms with E-state index < -0.39 is 6.10 Å². The summed E-state index contributed by atoms with van der Waals surface area (Å²) in [5.41, 5.74) is 0. The first kappa shape index (κ1) is 56.8. The minimum absolute atomic E-state index is 0.115. The molecule has 13 nitrogen and oxygen atoms in total. The van der Waals surface area contributed by atoms with E-state index in [0.717, 1.165) is 26.1 Å². The van der Waals surface area contributed by atoms with Gasteiger partial charge in [0.1, 0.15) is 0 Å². The van der Waals surface area contributed by atoms with Crippen LogP contribution >= 0.6 is 0 Å². The highest BCUT2D eigenvalue weighted by atomic mass is 16.7. The van der Waals surface area contributed by atoms with Gasteiger partial charge in [-0.15, -0.1) is 0 Å². The van der Waals surface area contributed by atoms with Crippen molar-refractivity contribution in [1.29, 1.82) is 0 Å². The zero-order valence-electron chi connectivity index (χ0n) is 34.2. The van der Waals surface area contributed by atoms with E-state index in [0.29, 0.717) is 26.2 Å². The smallest absolute Gasteiger partial charge is 0.163 e. The van der Waals surface area contributed by atoms with Crippen LogP contribution in [0.3, 0.4) is 0 Å². The number of methoxy groups -OCH3 is 7. The maximum Gasteiger partial charge on any atom is 0.163 e. The molecule has 0 aromatic carbocycles. The lowest BCUT2D eigenvalue weighted by Crippen LogP contribution is -2.20. The highest BCUT2D eigenvalue weighted by Crippen LogP contribution is 2.21. The summed E-state index contributed by atoms with van der Waals surface area (Å²) in [5, 5.41) is 16.5. The first-order valence-electron chi connectivity index (χ1n) is 16.8. The molecule has 2 aliphatic rings. The molecule has 2 aliphatic heterocycles. The van der Waals surface area contributed by atoms with Gasteiger partial charge in [-0.3, -0.25) is 0 Å². The molecule has 6 unspecified atom stereocenters. The average Bonchev–Trinajstić information content (AvgIpc) is 3.56. The molecule has 0 saturated carbocycles. The quantitative estimate of drug-likeness (QED) is 0.262. The van der Waals surface area contributed by atoms with Gasteiger partial charge in [0.2, 0.25) is 0 Å². The first-order chi connectivity index (χ1) is 22.4. The van der Waals surface area contributed by atoms with Crippen molar-refractivity contribution in [1.82, 2.24) is 0 Å². The maximum absolute atomic E-state index is 8.42. The summed E-state index contributed by atoms with van der Waals surface area (Å²) >= 11 is 0. The van der Waals surface area contributed by atoms with Gasteiger partial charge in [0.05, 0.1) is 76.3 Å². The highest BCUT2D eigenvalue weighted by Gasteiger charge is 2.30. The third kappa shape index (κ3) is 45.5. The summed E-state index contributed by atoms with van der Waals surface area (Å²) in [4.78, 5) is 0. The molecular weight excluding hydrogens is 628 g/mol. The topological polar surface area (TPSA) is 142 Å². The van der Waals surface area contributed by atoms with Gasteiger partial charge in [0.25, 0.3) is 0 Å². The molecule has 298 valence electrons. The first-order valence-corrected chi connectivity index (χ1v) is 16.8. The number of ether oxygens (including phenoxy) is 11. The fourth-order valence-corrected chi connectivity index (χ4v) is 3.25. The van der Waals surface area contributed by atoms with Gasteiger partial charge in [0, 0.05) is 56.9 Å². The summed E-state index contributed by atoms with van der Waals surface area (Å²) in [5.74, 6) is -0.668. The molecule has 6 atom stereocenters. The van der Waals surface area contributed by atoms with Crippen LogP contribution in [0.1, 0.15) is 88.5 Å². The van der Waals surface area contributed by atoms with Crippen molar-refractivity contribution in [3.8, 4) is 0 Å². The molecule has 0 spiro atoms. The van der Waals surface area contributed by atoms with Crippen LogP contribution in [-0.2, 0) is 52.1 Å². The van der Waals surface area contributed by atoms with E-state index in [4.69, 9.17) is 57.6 Å². The summed E-state index contributed by atoms with van der Waals surface area (Å²) in [7, 11) is 13.4. The standard InChI is InChI=1S/2C6H12O2.2C6H14O2.C5H12O2.C4H10O2.C2H6O/c2*1-5-4-7-6(2,3)8-5;2*1-4-6(8-3)5-7-2;1-5(7-3)4-6-2;1-2-4(6)3-5;1-3-2/h2*5H,4H2,1-3H3;2*6H,4-5H2,1-3H3;5H,4H2,1-3H3;4-6H,2-3H2,1H3;1-2H3. The van der Waals surface area contributed by atoms with Crippen molar-refractivity contribution in [3.05, 3.63) is 0 Å². The normalized spacial score (nSPS) is 20.8. The SMILES string of the molecule is CC1COC(C)(C)O1.CC1COC(C)(C)O1.CCC(COC)OC.CCC(COC)OC.CCC(O)CO.COC.COCC(C)OC. The number of hydrogen-bond donors (Lipinski definition) is 2. The molecule has 0 aliphatic carbocycles. The molecule has 0 bridgehead atoms. The third-order valence-electron chi connectivity index (χ3n) is 6.07. The lowest BCUT2D eigenvalue weighted by atomic mass is 10.3. The van der Waals surface area contributed by atoms with Crippen molar-refractivity contribution < 1.29 is 62.3 Å². The molecule has 0 amide bonds. The summed E-state index contributed by atoms with van der Waals surface area (Å²) in [6, 6.07) is 0. The minimum Gasteiger partial charge on any atom is -0.394 e. The molecule has 2 heterocycles. The van der Waals surface area contributed by atoms with Crippen LogP contribution in [0.25, 0.3) is 0 Å². The molecule has 2 N–H and O–H groups in total. The molecule has 0 aromatic heterocycles. The maximum atomic E-state index is 8.42. The van der Waals surface area contributed by atoms with Crippen molar-refractivity contribution in [2.75, 3.05) is 96.5 Å². The van der Waals surface area contributed by atoms with Crippen LogP contribution in [0.2, 0.25) is 0 Å². The second kappa shape index (κ2) is 39.3. The highest BCUT2D eigenvalue weighted by molar-refractivity contribution is 4.66. The zero-order valence-corrected chi connectivity index (χ0v) is 34.2. The van der Waals surface area contributed by atoms with Gasteiger partial charge in [-0.2, -0.15) is 0 Å². The van der Waals surface area contributed by atoms with Crippen molar-refractivity contribution in [3.63, 3.8) is 0 Å². The van der Waals surface area contributed by atoms with Crippen molar-refractivity contribution >= 4 is 0 Å². The van der Waals surface area contributed by atoms with Gasteiger partial charge in [-0.05, 0) is 67.7 Å². The molecule has 13 heteroatoms. The Balaban J connectivity index is -0.000000152. The van der Waals surface area contributed by atoms with Crippen LogP contribution in [0.5, 0.6) is 0 Å². The Kier molecular flexibility index (Phi) is 46.5. The van der Waals surface area contributed by atoms with E-state index >= 15 is 0 Å².